The number of hydrogen-bond donors (Lipinski definition) is 2. The van der Waals surface area contributed by atoms with Gasteiger partial charge in [0.05, 0.1) is 27.3 Å². The lowest BCUT2D eigenvalue weighted by Gasteiger charge is -2.17. The van der Waals surface area contributed by atoms with Crippen LogP contribution in [0.3, 0.4) is 0 Å². The number of carbonyl (C=O) groups is 2. The number of rotatable bonds is 6. The molecule has 0 saturated carbocycles. The van der Waals surface area contributed by atoms with E-state index in [1.54, 1.807) is 19.2 Å². The number of amides is 2. The Balaban J connectivity index is 1.93. The largest absolute Gasteiger partial charge is 0.355 e. The summed E-state index contributed by atoms with van der Waals surface area (Å²) in [4.78, 5) is 25.6. The fourth-order valence-electron chi connectivity index (χ4n) is 2.33. The van der Waals surface area contributed by atoms with Crippen molar-refractivity contribution in [2.24, 2.45) is 0 Å². The van der Waals surface area contributed by atoms with Gasteiger partial charge < -0.3 is 10.6 Å². The van der Waals surface area contributed by atoms with Gasteiger partial charge in [-0.2, -0.15) is 0 Å². The fraction of sp³-hybridized carbons (Fsp3) is 0.222. The van der Waals surface area contributed by atoms with Crippen molar-refractivity contribution in [3.05, 3.63) is 62.6 Å². The van der Waals surface area contributed by atoms with Crippen LogP contribution in [0.1, 0.15) is 15.9 Å². The summed E-state index contributed by atoms with van der Waals surface area (Å²) >= 11 is 17.9. The molecular formula is C18H18Cl3N3O2. The molecule has 2 N–H and O–H groups in total. The molecule has 8 heteroatoms. The molecule has 2 aromatic rings. The predicted octanol–water partition coefficient (Wildman–Crippen LogP) is 4.08. The van der Waals surface area contributed by atoms with Crippen LogP contribution in [-0.2, 0) is 11.3 Å². The van der Waals surface area contributed by atoms with Gasteiger partial charge in [0.1, 0.15) is 0 Å². The van der Waals surface area contributed by atoms with Crippen LogP contribution in [0, 0.1) is 0 Å². The van der Waals surface area contributed by atoms with Crippen LogP contribution in [0.2, 0.25) is 15.1 Å². The Bertz CT molecular complexity index is 810. The smallest absolute Gasteiger partial charge is 0.251 e. The van der Waals surface area contributed by atoms with E-state index in [0.717, 1.165) is 5.56 Å². The number of nitrogens with zero attached hydrogens (tertiary/aromatic N) is 1. The van der Waals surface area contributed by atoms with E-state index < -0.39 is 0 Å². The molecule has 0 aliphatic heterocycles. The summed E-state index contributed by atoms with van der Waals surface area (Å²) in [5, 5.41) is 6.25. The third-order valence-electron chi connectivity index (χ3n) is 3.59. The van der Waals surface area contributed by atoms with Crippen molar-refractivity contribution in [1.29, 1.82) is 0 Å². The van der Waals surface area contributed by atoms with Crippen molar-refractivity contribution >= 4 is 52.3 Å². The number of benzene rings is 2. The Kier molecular flexibility index (Phi) is 7.29. The van der Waals surface area contributed by atoms with Crippen LogP contribution in [0.15, 0.2) is 36.4 Å². The molecule has 2 aromatic carbocycles. The summed E-state index contributed by atoms with van der Waals surface area (Å²) in [7, 11) is 3.41. The molecule has 0 atom stereocenters. The van der Waals surface area contributed by atoms with Crippen molar-refractivity contribution in [2.75, 3.05) is 26.0 Å². The molecule has 0 aromatic heterocycles. The van der Waals surface area contributed by atoms with Gasteiger partial charge in [-0.25, -0.2) is 0 Å². The Morgan fingerprint density at radius 2 is 1.62 bits per heavy atom. The maximum absolute atomic E-state index is 12.2. The Morgan fingerprint density at radius 3 is 2.23 bits per heavy atom. The highest BCUT2D eigenvalue weighted by molar-refractivity contribution is 6.44. The van der Waals surface area contributed by atoms with Crippen LogP contribution in [0.25, 0.3) is 0 Å². The lowest BCUT2D eigenvalue weighted by molar-refractivity contribution is -0.117. The summed E-state index contributed by atoms with van der Waals surface area (Å²) < 4.78 is 0. The predicted molar refractivity (Wildman–Crippen MR) is 106 cm³/mol. The van der Waals surface area contributed by atoms with Crippen molar-refractivity contribution in [1.82, 2.24) is 10.2 Å². The summed E-state index contributed by atoms with van der Waals surface area (Å²) in [5.41, 5.74) is 1.99. The number of hydrogen-bond acceptors (Lipinski definition) is 3. The number of anilines is 1. The van der Waals surface area contributed by atoms with Crippen LogP contribution in [0.5, 0.6) is 0 Å². The van der Waals surface area contributed by atoms with Gasteiger partial charge in [0, 0.05) is 19.2 Å². The van der Waals surface area contributed by atoms with Crippen molar-refractivity contribution in [3.63, 3.8) is 0 Å². The van der Waals surface area contributed by atoms with Crippen LogP contribution in [-0.4, -0.2) is 37.4 Å². The summed E-state index contributed by atoms with van der Waals surface area (Å²) in [6.07, 6.45) is 0. The zero-order chi connectivity index (χ0) is 19.3. The first-order valence-corrected chi connectivity index (χ1v) is 8.87. The molecule has 138 valence electrons. The molecule has 0 spiro atoms. The molecule has 2 amide bonds. The topological polar surface area (TPSA) is 61.4 Å². The summed E-state index contributed by atoms with van der Waals surface area (Å²) in [6, 6.07) is 10.2. The zero-order valence-corrected chi connectivity index (χ0v) is 16.5. The van der Waals surface area contributed by atoms with Gasteiger partial charge in [-0.15, -0.1) is 0 Å². The van der Waals surface area contributed by atoms with Crippen molar-refractivity contribution in [3.8, 4) is 0 Å². The molecule has 26 heavy (non-hydrogen) atoms. The second-order valence-electron chi connectivity index (χ2n) is 5.74. The maximum atomic E-state index is 12.2. The molecule has 0 heterocycles. The van der Waals surface area contributed by atoms with Crippen molar-refractivity contribution in [2.45, 2.75) is 6.54 Å². The molecule has 0 aliphatic carbocycles. The average Bonchev–Trinajstić information content (AvgIpc) is 2.59. The average molecular weight is 415 g/mol. The van der Waals surface area contributed by atoms with Gasteiger partial charge in [-0.3, -0.25) is 14.5 Å². The van der Waals surface area contributed by atoms with Gasteiger partial charge in [-0.05, 0) is 36.9 Å². The first kappa shape index (κ1) is 20.5. The highest BCUT2D eigenvalue weighted by atomic mass is 35.5. The molecule has 0 radical (unpaired) electrons. The molecule has 0 aliphatic rings. The third-order valence-corrected chi connectivity index (χ3v) is 4.63. The molecular weight excluding hydrogens is 397 g/mol. The van der Waals surface area contributed by atoms with E-state index in [-0.39, 0.29) is 18.4 Å². The Hall–Kier alpha value is -1.79. The summed E-state index contributed by atoms with van der Waals surface area (Å²) in [5.74, 6) is -0.363. The maximum Gasteiger partial charge on any atom is 0.251 e. The number of carbonyl (C=O) groups excluding carboxylic acids is 2. The first-order valence-electron chi connectivity index (χ1n) is 7.74. The molecule has 0 fully saturated rings. The number of likely N-dealkylation sites (N-methyl/N-ethyl adjacent to an activating group) is 1. The second kappa shape index (κ2) is 9.24. The highest BCUT2D eigenvalue weighted by Crippen LogP contribution is 2.32. The summed E-state index contributed by atoms with van der Waals surface area (Å²) in [6.45, 7) is 0.713. The van der Waals surface area contributed by atoms with E-state index in [1.807, 2.05) is 24.1 Å². The molecule has 0 bridgehead atoms. The number of halogens is 3. The lowest BCUT2D eigenvalue weighted by Crippen LogP contribution is -2.30. The second-order valence-corrected chi connectivity index (χ2v) is 6.96. The Morgan fingerprint density at radius 1 is 1.00 bits per heavy atom. The monoisotopic (exact) mass is 413 g/mol. The van der Waals surface area contributed by atoms with E-state index in [2.05, 4.69) is 10.6 Å². The van der Waals surface area contributed by atoms with Gasteiger partial charge >= 0.3 is 0 Å². The van der Waals surface area contributed by atoms with E-state index >= 15 is 0 Å². The van der Waals surface area contributed by atoms with Crippen molar-refractivity contribution < 1.29 is 9.59 Å². The van der Waals surface area contributed by atoms with Gasteiger partial charge in [0.2, 0.25) is 5.91 Å². The van der Waals surface area contributed by atoms with Crippen LogP contribution >= 0.6 is 34.8 Å². The standard InChI is InChI=1S/C18H18Cl3N3O2/c1-22-18(26)12-5-3-11(4-6-12)9-24(2)10-17(25)23-16-8-14(20)13(19)7-15(16)21/h3-8H,9-10H2,1-2H3,(H,22,26)(H,23,25). The number of nitrogens with one attached hydrogen (secondary N) is 2. The van der Waals surface area contributed by atoms with E-state index in [4.69, 9.17) is 34.8 Å². The van der Waals surface area contributed by atoms with E-state index in [1.165, 1.54) is 12.1 Å². The molecule has 0 unspecified atom stereocenters. The van der Waals surface area contributed by atoms with E-state index in [9.17, 15) is 9.59 Å². The quantitative estimate of drug-likeness (QED) is 0.700. The van der Waals surface area contributed by atoms with Crippen LogP contribution < -0.4 is 10.6 Å². The van der Waals surface area contributed by atoms with Gasteiger partial charge in [0.15, 0.2) is 0 Å². The van der Waals surface area contributed by atoms with Gasteiger partial charge in [0.25, 0.3) is 5.91 Å². The highest BCUT2D eigenvalue weighted by Gasteiger charge is 2.12. The molecule has 0 saturated heterocycles. The Labute approximate surface area is 167 Å². The van der Waals surface area contributed by atoms with Crippen LogP contribution in [0.4, 0.5) is 5.69 Å². The molecule has 5 nitrogen and oxygen atoms in total. The van der Waals surface area contributed by atoms with E-state index in [0.29, 0.717) is 32.9 Å². The first-order chi connectivity index (χ1) is 12.3. The minimum absolute atomic E-state index is 0.136. The normalized spacial score (nSPS) is 10.7. The third kappa shape index (κ3) is 5.61. The lowest BCUT2D eigenvalue weighted by atomic mass is 10.1. The minimum atomic E-state index is -0.227. The SMILES string of the molecule is CNC(=O)c1ccc(CN(C)CC(=O)Nc2cc(Cl)c(Cl)cc2Cl)cc1. The minimum Gasteiger partial charge on any atom is -0.355 e. The fourth-order valence-corrected chi connectivity index (χ4v) is 2.92. The zero-order valence-electron chi connectivity index (χ0n) is 14.3. The van der Waals surface area contributed by atoms with Gasteiger partial charge in [-0.1, -0.05) is 46.9 Å². The molecule has 2 rings (SSSR count).